The Morgan fingerprint density at radius 3 is 2.48 bits per heavy atom. The Bertz CT molecular complexity index is 924. The van der Waals surface area contributed by atoms with Gasteiger partial charge in [0.15, 0.2) is 5.78 Å². The molecule has 7 nitrogen and oxygen atoms in total. The van der Waals surface area contributed by atoms with Crippen LogP contribution in [-0.4, -0.2) is 32.2 Å². The highest BCUT2D eigenvalue weighted by atomic mass is 32.1. The van der Waals surface area contributed by atoms with E-state index in [1.807, 2.05) is 41.8 Å². The van der Waals surface area contributed by atoms with Gasteiger partial charge in [0.1, 0.15) is 18.4 Å². The van der Waals surface area contributed by atoms with Gasteiger partial charge in [-0.25, -0.2) is 4.98 Å². The van der Waals surface area contributed by atoms with E-state index >= 15 is 0 Å². The summed E-state index contributed by atoms with van der Waals surface area (Å²) in [6, 6.07) is 12.9. The van der Waals surface area contributed by atoms with Crippen LogP contribution in [0.5, 0.6) is 0 Å². The van der Waals surface area contributed by atoms with Crippen molar-refractivity contribution in [3.8, 4) is 0 Å². The van der Waals surface area contributed by atoms with E-state index in [2.05, 4.69) is 15.4 Å². The summed E-state index contributed by atoms with van der Waals surface area (Å²) >= 11 is 1.37. The highest BCUT2D eigenvalue weighted by Crippen LogP contribution is 2.16. The highest BCUT2D eigenvalue weighted by Gasteiger charge is 2.17. The number of carbonyl (C=O) groups is 3. The van der Waals surface area contributed by atoms with E-state index in [9.17, 15) is 14.4 Å². The summed E-state index contributed by atoms with van der Waals surface area (Å²) in [6.07, 6.45) is 3.59. The SMILES string of the molecule is O=C(CCC(=O)NC(Cn1cncn1)c1ccccc1)CCC(=O)c1cccs1. The fraction of sp³-hybridized carbons (Fsp3) is 0.286. The summed E-state index contributed by atoms with van der Waals surface area (Å²) < 4.78 is 1.65. The number of nitrogens with one attached hydrogen (secondary N) is 1. The molecule has 1 unspecified atom stereocenters. The molecule has 0 saturated carbocycles. The summed E-state index contributed by atoms with van der Waals surface area (Å²) in [5.74, 6) is -0.329. The number of aromatic nitrogens is 3. The summed E-state index contributed by atoms with van der Waals surface area (Å²) in [4.78, 5) is 41.1. The Labute approximate surface area is 172 Å². The molecule has 3 rings (SSSR count). The first-order valence-electron chi connectivity index (χ1n) is 9.37. The average Bonchev–Trinajstić information content (AvgIpc) is 3.45. The molecular weight excluding hydrogens is 388 g/mol. The Balaban J connectivity index is 1.48. The highest BCUT2D eigenvalue weighted by molar-refractivity contribution is 7.12. The predicted octanol–water partition coefficient (Wildman–Crippen LogP) is 3.21. The lowest BCUT2D eigenvalue weighted by atomic mass is 10.1. The normalized spacial score (nSPS) is 11.7. The Hall–Kier alpha value is -3.13. The van der Waals surface area contributed by atoms with E-state index in [4.69, 9.17) is 0 Å². The van der Waals surface area contributed by atoms with Gasteiger partial charge >= 0.3 is 0 Å². The van der Waals surface area contributed by atoms with Gasteiger partial charge in [-0.1, -0.05) is 36.4 Å². The van der Waals surface area contributed by atoms with E-state index in [1.165, 1.54) is 17.7 Å². The van der Waals surface area contributed by atoms with E-state index in [0.29, 0.717) is 11.4 Å². The van der Waals surface area contributed by atoms with Gasteiger partial charge in [-0.3, -0.25) is 19.1 Å². The molecule has 0 aliphatic rings. The standard InChI is InChI=1S/C21H22N4O3S/c26-17(8-10-19(27)20-7-4-12-29-20)9-11-21(28)24-18(13-25-15-22-14-23-25)16-5-2-1-3-6-16/h1-7,12,14-15,18H,8-11,13H2,(H,24,28). The number of amides is 1. The van der Waals surface area contributed by atoms with Crippen molar-refractivity contribution in [3.63, 3.8) is 0 Å². The van der Waals surface area contributed by atoms with Crippen molar-refractivity contribution in [1.29, 1.82) is 0 Å². The Morgan fingerprint density at radius 1 is 1.00 bits per heavy atom. The van der Waals surface area contributed by atoms with Crippen LogP contribution < -0.4 is 5.32 Å². The van der Waals surface area contributed by atoms with Gasteiger partial charge in [0.05, 0.1) is 17.5 Å². The molecule has 3 aromatic rings. The molecule has 0 fully saturated rings. The maximum Gasteiger partial charge on any atom is 0.220 e. The maximum absolute atomic E-state index is 12.4. The fourth-order valence-corrected chi connectivity index (χ4v) is 3.59. The van der Waals surface area contributed by atoms with Crippen LogP contribution in [0.1, 0.15) is 47.0 Å². The second-order valence-corrected chi connectivity index (χ2v) is 7.54. The van der Waals surface area contributed by atoms with Gasteiger partial charge in [-0.2, -0.15) is 5.10 Å². The zero-order valence-corrected chi connectivity index (χ0v) is 16.7. The van der Waals surface area contributed by atoms with Crippen molar-refractivity contribution < 1.29 is 14.4 Å². The van der Waals surface area contributed by atoms with Gasteiger partial charge in [-0.05, 0) is 17.0 Å². The minimum Gasteiger partial charge on any atom is -0.347 e. The summed E-state index contributed by atoms with van der Waals surface area (Å²) in [6.45, 7) is 0.443. The molecule has 0 bridgehead atoms. The fourth-order valence-electron chi connectivity index (χ4n) is 2.89. The number of ketones is 2. The number of thiophene rings is 1. The molecule has 0 aliphatic heterocycles. The molecule has 150 valence electrons. The van der Waals surface area contributed by atoms with E-state index in [-0.39, 0.29) is 49.2 Å². The average molecular weight is 410 g/mol. The lowest BCUT2D eigenvalue weighted by Crippen LogP contribution is -2.31. The number of benzene rings is 1. The molecular formula is C21H22N4O3S. The summed E-state index contributed by atoms with van der Waals surface area (Å²) in [5, 5.41) is 8.90. The lowest BCUT2D eigenvalue weighted by molar-refractivity contribution is -0.126. The van der Waals surface area contributed by atoms with Gasteiger partial charge in [0.25, 0.3) is 0 Å². The monoisotopic (exact) mass is 410 g/mol. The van der Waals surface area contributed by atoms with Crippen LogP contribution in [0.4, 0.5) is 0 Å². The van der Waals surface area contributed by atoms with E-state index in [0.717, 1.165) is 5.56 Å². The van der Waals surface area contributed by atoms with Crippen molar-refractivity contribution in [2.75, 3.05) is 0 Å². The van der Waals surface area contributed by atoms with Crippen LogP contribution in [0.3, 0.4) is 0 Å². The second kappa shape index (κ2) is 10.4. The molecule has 8 heteroatoms. The molecule has 2 aromatic heterocycles. The molecule has 1 atom stereocenters. The van der Waals surface area contributed by atoms with E-state index in [1.54, 1.807) is 17.1 Å². The number of hydrogen-bond acceptors (Lipinski definition) is 6. The first kappa shape index (κ1) is 20.6. The zero-order valence-electron chi connectivity index (χ0n) is 15.9. The molecule has 0 spiro atoms. The van der Waals surface area contributed by atoms with Crippen LogP contribution in [0.2, 0.25) is 0 Å². The molecule has 1 N–H and O–H groups in total. The van der Waals surface area contributed by atoms with Crippen molar-refractivity contribution in [3.05, 3.63) is 70.9 Å². The zero-order chi connectivity index (χ0) is 20.5. The van der Waals surface area contributed by atoms with Crippen LogP contribution in [-0.2, 0) is 16.1 Å². The van der Waals surface area contributed by atoms with Crippen LogP contribution in [0, 0.1) is 0 Å². The van der Waals surface area contributed by atoms with Gasteiger partial charge in [-0.15, -0.1) is 11.3 Å². The van der Waals surface area contributed by atoms with E-state index < -0.39 is 0 Å². The smallest absolute Gasteiger partial charge is 0.220 e. The van der Waals surface area contributed by atoms with Gasteiger partial charge in [0, 0.05) is 25.7 Å². The lowest BCUT2D eigenvalue weighted by Gasteiger charge is -2.19. The number of rotatable bonds is 11. The Morgan fingerprint density at radius 2 is 1.79 bits per heavy atom. The molecule has 2 heterocycles. The van der Waals surface area contributed by atoms with Crippen LogP contribution >= 0.6 is 11.3 Å². The maximum atomic E-state index is 12.4. The molecule has 29 heavy (non-hydrogen) atoms. The number of Topliss-reactive ketones (excluding diaryl/α,β-unsaturated/α-hetero) is 2. The third-order valence-electron chi connectivity index (χ3n) is 4.43. The molecule has 0 aliphatic carbocycles. The first-order valence-corrected chi connectivity index (χ1v) is 10.2. The van der Waals surface area contributed by atoms with Gasteiger partial charge in [0.2, 0.25) is 5.91 Å². The predicted molar refractivity (Wildman–Crippen MR) is 109 cm³/mol. The Kier molecular flexibility index (Phi) is 7.40. The number of nitrogens with zero attached hydrogens (tertiary/aromatic N) is 3. The van der Waals surface area contributed by atoms with Crippen molar-refractivity contribution >= 4 is 28.8 Å². The molecule has 0 radical (unpaired) electrons. The summed E-state index contributed by atoms with van der Waals surface area (Å²) in [7, 11) is 0. The third kappa shape index (κ3) is 6.46. The van der Waals surface area contributed by atoms with Crippen LogP contribution in [0.25, 0.3) is 0 Å². The molecule has 1 amide bonds. The minimum absolute atomic E-state index is 0.0326. The summed E-state index contributed by atoms with van der Waals surface area (Å²) in [5.41, 5.74) is 0.948. The topological polar surface area (TPSA) is 93.9 Å². The van der Waals surface area contributed by atoms with Gasteiger partial charge < -0.3 is 5.32 Å². The quantitative estimate of drug-likeness (QED) is 0.490. The number of hydrogen-bond donors (Lipinski definition) is 1. The van der Waals surface area contributed by atoms with Crippen molar-refractivity contribution in [2.45, 2.75) is 38.3 Å². The molecule has 1 aromatic carbocycles. The van der Waals surface area contributed by atoms with Crippen LogP contribution in [0.15, 0.2) is 60.5 Å². The number of carbonyl (C=O) groups excluding carboxylic acids is 3. The largest absolute Gasteiger partial charge is 0.347 e. The third-order valence-corrected chi connectivity index (χ3v) is 5.34. The first-order chi connectivity index (χ1) is 14.1. The molecule has 0 saturated heterocycles. The minimum atomic E-state index is -0.277. The van der Waals surface area contributed by atoms with Crippen molar-refractivity contribution in [1.82, 2.24) is 20.1 Å². The van der Waals surface area contributed by atoms with Crippen molar-refractivity contribution in [2.24, 2.45) is 0 Å². The second-order valence-electron chi connectivity index (χ2n) is 6.59.